The van der Waals surface area contributed by atoms with Crippen LogP contribution in [0, 0.1) is 6.92 Å². The molecule has 0 saturated carbocycles. The van der Waals surface area contributed by atoms with Gasteiger partial charge in [-0.25, -0.2) is 9.97 Å². The number of para-hydroxylation sites is 1. The van der Waals surface area contributed by atoms with Gasteiger partial charge in [0, 0.05) is 56.8 Å². The summed E-state index contributed by atoms with van der Waals surface area (Å²) in [6.45, 7) is 3.64. The van der Waals surface area contributed by atoms with E-state index in [2.05, 4.69) is 20.2 Å². The number of carbonyl (C=O) groups excluding carboxylic acids is 2. The van der Waals surface area contributed by atoms with Gasteiger partial charge in [0.05, 0.1) is 20.3 Å². The van der Waals surface area contributed by atoms with Crippen LogP contribution in [-0.4, -0.2) is 89.3 Å². The lowest BCUT2D eigenvalue weighted by Crippen LogP contribution is -2.57. The highest BCUT2D eigenvalue weighted by Crippen LogP contribution is 2.27. The molecular weight excluding hydrogens is 562 g/mol. The summed E-state index contributed by atoms with van der Waals surface area (Å²) >= 11 is 0. The number of hydrogen-bond donors (Lipinski definition) is 1. The molecule has 5 rings (SSSR count). The molecule has 1 fully saturated rings. The van der Waals surface area contributed by atoms with Crippen LogP contribution in [0.4, 0.5) is 5.82 Å². The van der Waals surface area contributed by atoms with Gasteiger partial charge in [-0.3, -0.25) is 14.2 Å². The Bertz CT molecular complexity index is 1550. The first-order valence-electron chi connectivity index (χ1n) is 14.5. The summed E-state index contributed by atoms with van der Waals surface area (Å²) in [5.41, 5.74) is 1.81. The molecule has 1 aliphatic heterocycles. The van der Waals surface area contributed by atoms with Crippen molar-refractivity contribution < 1.29 is 23.8 Å². The van der Waals surface area contributed by atoms with Gasteiger partial charge < -0.3 is 29.3 Å². The molecule has 12 nitrogen and oxygen atoms in total. The van der Waals surface area contributed by atoms with Gasteiger partial charge in [0.1, 0.15) is 17.9 Å². The number of nitrogens with zero attached hydrogens (tertiary/aromatic N) is 6. The van der Waals surface area contributed by atoms with Crippen LogP contribution in [0.2, 0.25) is 0 Å². The lowest BCUT2D eigenvalue weighted by molar-refractivity contribution is -0.137. The van der Waals surface area contributed by atoms with Crippen molar-refractivity contribution >= 4 is 17.6 Å². The van der Waals surface area contributed by atoms with Crippen molar-refractivity contribution in [2.45, 2.75) is 25.8 Å². The monoisotopic (exact) mass is 599 g/mol. The molecule has 0 aliphatic carbocycles. The first-order chi connectivity index (χ1) is 21.4. The summed E-state index contributed by atoms with van der Waals surface area (Å²) in [7, 11) is 3.19. The molecule has 2 aromatic carbocycles. The van der Waals surface area contributed by atoms with Crippen molar-refractivity contribution in [3.63, 3.8) is 0 Å². The fourth-order valence-corrected chi connectivity index (χ4v) is 5.17. The van der Waals surface area contributed by atoms with Crippen LogP contribution in [0.25, 0.3) is 5.95 Å². The molecule has 1 atom stereocenters. The molecule has 1 aliphatic rings. The fourth-order valence-electron chi connectivity index (χ4n) is 5.17. The third-order valence-corrected chi connectivity index (χ3v) is 7.40. The Balaban J connectivity index is 1.27. The largest absolute Gasteiger partial charge is 0.493 e. The lowest BCUT2D eigenvalue weighted by Gasteiger charge is -2.41. The van der Waals surface area contributed by atoms with Gasteiger partial charge in [-0.2, -0.15) is 4.98 Å². The van der Waals surface area contributed by atoms with Crippen LogP contribution >= 0.6 is 0 Å². The number of hydrogen-bond acceptors (Lipinski definition) is 9. The summed E-state index contributed by atoms with van der Waals surface area (Å²) < 4.78 is 18.2. The van der Waals surface area contributed by atoms with E-state index in [0.29, 0.717) is 55.8 Å². The highest BCUT2D eigenvalue weighted by atomic mass is 16.5. The maximum absolute atomic E-state index is 13.4. The molecular formula is C32H37N7O5. The number of aromatic nitrogens is 4. The highest BCUT2D eigenvalue weighted by Gasteiger charge is 2.33. The van der Waals surface area contributed by atoms with E-state index < -0.39 is 0 Å². The Morgan fingerprint density at radius 1 is 1.00 bits per heavy atom. The average molecular weight is 600 g/mol. The molecule has 12 heteroatoms. The van der Waals surface area contributed by atoms with Gasteiger partial charge in [-0.15, -0.1) is 0 Å². The van der Waals surface area contributed by atoms with E-state index in [4.69, 9.17) is 19.2 Å². The highest BCUT2D eigenvalue weighted by molar-refractivity contribution is 5.81. The number of amides is 2. The van der Waals surface area contributed by atoms with Gasteiger partial charge in [-0.05, 0) is 43.2 Å². The SMILES string of the molecule is COc1ccc(CCNC(=O)CC2CN(c3cc(C)nc(-n4ccnc4)n3)CCN2C(=O)COc2ccccc2)cc1OC. The number of aryl methyl sites for hydroxylation is 1. The first-order valence-corrected chi connectivity index (χ1v) is 14.5. The maximum atomic E-state index is 13.4. The molecule has 0 bridgehead atoms. The van der Waals surface area contributed by atoms with Crippen LogP contribution in [0.3, 0.4) is 0 Å². The van der Waals surface area contributed by atoms with E-state index in [1.54, 1.807) is 42.4 Å². The van der Waals surface area contributed by atoms with E-state index in [-0.39, 0.29) is 30.9 Å². The van der Waals surface area contributed by atoms with Gasteiger partial charge in [0.2, 0.25) is 11.9 Å². The Morgan fingerprint density at radius 3 is 2.57 bits per heavy atom. The minimum absolute atomic E-state index is 0.112. The van der Waals surface area contributed by atoms with Crippen molar-refractivity contribution in [1.82, 2.24) is 29.7 Å². The number of rotatable bonds is 12. The minimum atomic E-state index is -0.385. The smallest absolute Gasteiger partial charge is 0.260 e. The average Bonchev–Trinajstić information content (AvgIpc) is 3.59. The molecule has 3 heterocycles. The predicted molar refractivity (Wildman–Crippen MR) is 164 cm³/mol. The molecule has 44 heavy (non-hydrogen) atoms. The van der Waals surface area contributed by atoms with Crippen LogP contribution < -0.4 is 24.4 Å². The van der Waals surface area contributed by atoms with E-state index in [1.165, 1.54) is 0 Å². The Labute approximate surface area is 256 Å². The zero-order valence-corrected chi connectivity index (χ0v) is 25.2. The molecule has 230 valence electrons. The molecule has 2 aromatic heterocycles. The summed E-state index contributed by atoms with van der Waals surface area (Å²) in [5, 5.41) is 3.02. The maximum Gasteiger partial charge on any atom is 0.260 e. The van der Waals surface area contributed by atoms with Crippen LogP contribution in [0.1, 0.15) is 17.7 Å². The normalized spacial score (nSPS) is 14.7. The number of benzene rings is 2. The second-order valence-corrected chi connectivity index (χ2v) is 10.4. The third-order valence-electron chi connectivity index (χ3n) is 7.40. The topological polar surface area (TPSA) is 124 Å². The van der Waals surface area contributed by atoms with Gasteiger partial charge in [0.15, 0.2) is 18.1 Å². The van der Waals surface area contributed by atoms with Crippen molar-refractivity contribution in [2.24, 2.45) is 0 Å². The van der Waals surface area contributed by atoms with E-state index in [9.17, 15) is 9.59 Å². The van der Waals surface area contributed by atoms with Gasteiger partial charge in [0.25, 0.3) is 5.91 Å². The zero-order valence-electron chi connectivity index (χ0n) is 25.2. The predicted octanol–water partition coefficient (Wildman–Crippen LogP) is 2.83. The quantitative estimate of drug-likeness (QED) is 0.262. The van der Waals surface area contributed by atoms with Gasteiger partial charge >= 0.3 is 0 Å². The Kier molecular flexibility index (Phi) is 9.90. The molecule has 1 unspecified atom stereocenters. The Hall–Kier alpha value is -5.13. The second kappa shape index (κ2) is 14.4. The molecule has 2 amide bonds. The van der Waals surface area contributed by atoms with Crippen molar-refractivity contribution in [1.29, 1.82) is 0 Å². The van der Waals surface area contributed by atoms with Crippen LogP contribution in [-0.2, 0) is 16.0 Å². The van der Waals surface area contributed by atoms with Crippen molar-refractivity contribution in [3.8, 4) is 23.2 Å². The number of nitrogens with one attached hydrogen (secondary N) is 1. The number of anilines is 1. The number of imidazole rings is 1. The molecule has 4 aromatic rings. The summed E-state index contributed by atoms with van der Waals surface area (Å²) in [4.78, 5) is 43.8. The van der Waals surface area contributed by atoms with E-state index in [1.807, 2.05) is 61.5 Å². The van der Waals surface area contributed by atoms with Crippen molar-refractivity contribution in [3.05, 3.63) is 84.6 Å². The fraction of sp³-hybridized carbons (Fsp3) is 0.344. The first kappa shape index (κ1) is 30.3. The lowest BCUT2D eigenvalue weighted by atomic mass is 10.1. The molecule has 1 N–H and O–H groups in total. The number of piperazine rings is 1. The summed E-state index contributed by atoms with van der Waals surface area (Å²) in [6, 6.07) is 16.4. The van der Waals surface area contributed by atoms with E-state index >= 15 is 0 Å². The summed E-state index contributed by atoms with van der Waals surface area (Å²) in [6.07, 6.45) is 5.87. The second-order valence-electron chi connectivity index (χ2n) is 10.4. The van der Waals surface area contributed by atoms with Crippen LogP contribution in [0.5, 0.6) is 17.2 Å². The van der Waals surface area contributed by atoms with E-state index in [0.717, 1.165) is 17.1 Å². The third kappa shape index (κ3) is 7.63. The molecule has 0 radical (unpaired) electrons. The van der Waals surface area contributed by atoms with Crippen molar-refractivity contribution in [2.75, 3.05) is 51.9 Å². The standard InChI is InChI=1S/C32H37N7O5/c1-23-17-29(36-32(35-23)38-14-13-33-22-38)37-15-16-39(31(41)21-44-26-7-5-4-6-8-26)25(20-37)19-30(40)34-12-11-24-9-10-27(42-2)28(18-24)43-3/h4-10,13-14,17-18,22,25H,11-12,15-16,19-21H2,1-3H3,(H,34,40). The number of ether oxygens (including phenoxy) is 3. The number of carbonyl (C=O) groups is 2. The Morgan fingerprint density at radius 2 is 1.82 bits per heavy atom. The minimum Gasteiger partial charge on any atom is -0.493 e. The summed E-state index contributed by atoms with van der Waals surface area (Å²) in [5.74, 6) is 2.84. The molecule has 1 saturated heterocycles. The zero-order chi connectivity index (χ0) is 30.9. The number of methoxy groups -OCH3 is 2. The van der Waals surface area contributed by atoms with Crippen LogP contribution in [0.15, 0.2) is 73.3 Å². The molecule has 0 spiro atoms. The van der Waals surface area contributed by atoms with Gasteiger partial charge in [-0.1, -0.05) is 24.3 Å².